The van der Waals surface area contributed by atoms with Crippen LogP contribution in [-0.4, -0.2) is 43.9 Å². The average Bonchev–Trinajstić information content (AvgIpc) is 2.33. The second-order valence-corrected chi connectivity index (χ2v) is 8.40. The van der Waals surface area contributed by atoms with Crippen molar-refractivity contribution in [3.8, 4) is 0 Å². The zero-order valence-electron chi connectivity index (χ0n) is 13.6. The van der Waals surface area contributed by atoms with Gasteiger partial charge in [0.05, 0.1) is 0 Å². The van der Waals surface area contributed by atoms with Gasteiger partial charge < -0.3 is 5.32 Å². The molecule has 120 valence electrons. The Hall–Kier alpha value is -0.170. The van der Waals surface area contributed by atoms with Crippen LogP contribution in [0.2, 0.25) is 0 Å². The van der Waals surface area contributed by atoms with Crippen molar-refractivity contribution in [1.82, 2.24) is 14.3 Å². The first-order valence-electron chi connectivity index (χ1n) is 7.72. The lowest BCUT2D eigenvalue weighted by Crippen LogP contribution is -2.56. The molecule has 1 fully saturated rings. The van der Waals surface area contributed by atoms with Crippen LogP contribution in [0.5, 0.6) is 0 Å². The summed E-state index contributed by atoms with van der Waals surface area (Å²) in [5.74, 6) is 0.395. The van der Waals surface area contributed by atoms with Crippen LogP contribution in [-0.2, 0) is 10.2 Å². The van der Waals surface area contributed by atoms with Gasteiger partial charge in [-0.25, -0.2) is 0 Å². The van der Waals surface area contributed by atoms with Crippen molar-refractivity contribution in [3.63, 3.8) is 0 Å². The Morgan fingerprint density at radius 2 is 1.90 bits per heavy atom. The molecule has 2 unspecified atom stereocenters. The molecule has 0 bridgehead atoms. The van der Waals surface area contributed by atoms with Crippen molar-refractivity contribution in [2.45, 2.75) is 65.5 Å². The van der Waals surface area contributed by atoms with E-state index in [9.17, 15) is 8.42 Å². The summed E-state index contributed by atoms with van der Waals surface area (Å²) in [5.41, 5.74) is -0.433. The first-order chi connectivity index (χ1) is 9.19. The van der Waals surface area contributed by atoms with Crippen LogP contribution in [0.3, 0.4) is 0 Å². The quantitative estimate of drug-likeness (QED) is 0.785. The minimum absolute atomic E-state index is 0.395. The lowest BCUT2D eigenvalue weighted by molar-refractivity contribution is 0.199. The first-order valence-corrected chi connectivity index (χ1v) is 9.16. The van der Waals surface area contributed by atoms with Gasteiger partial charge in [-0.1, -0.05) is 20.3 Å². The van der Waals surface area contributed by atoms with Gasteiger partial charge in [0.1, 0.15) is 0 Å². The van der Waals surface area contributed by atoms with Gasteiger partial charge in [0.15, 0.2) is 0 Å². The number of rotatable bonds is 6. The fourth-order valence-electron chi connectivity index (χ4n) is 2.68. The third-order valence-corrected chi connectivity index (χ3v) is 5.53. The van der Waals surface area contributed by atoms with Crippen LogP contribution in [0.4, 0.5) is 0 Å². The van der Waals surface area contributed by atoms with Gasteiger partial charge in [-0.2, -0.15) is 17.4 Å². The predicted molar refractivity (Wildman–Crippen MR) is 83.9 cm³/mol. The molecule has 0 spiro atoms. The summed E-state index contributed by atoms with van der Waals surface area (Å²) in [6.45, 7) is 12.1. The van der Waals surface area contributed by atoms with Gasteiger partial charge in [0.25, 0.3) is 10.2 Å². The fourth-order valence-corrected chi connectivity index (χ4v) is 4.32. The lowest BCUT2D eigenvalue weighted by atomic mass is 9.91. The van der Waals surface area contributed by atoms with E-state index < -0.39 is 15.7 Å². The average molecular weight is 305 g/mol. The third kappa shape index (κ3) is 5.31. The number of nitrogens with zero attached hydrogens (tertiary/aromatic N) is 1. The first kappa shape index (κ1) is 17.9. The van der Waals surface area contributed by atoms with E-state index in [0.29, 0.717) is 25.0 Å². The monoisotopic (exact) mass is 305 g/mol. The van der Waals surface area contributed by atoms with Gasteiger partial charge in [0.2, 0.25) is 0 Å². The van der Waals surface area contributed by atoms with Crippen LogP contribution in [0.25, 0.3) is 0 Å². The molecule has 1 aliphatic heterocycles. The second-order valence-electron chi connectivity index (χ2n) is 6.73. The second kappa shape index (κ2) is 7.20. The van der Waals surface area contributed by atoms with Crippen LogP contribution in [0.1, 0.15) is 53.9 Å². The van der Waals surface area contributed by atoms with Gasteiger partial charge in [-0.05, 0) is 46.1 Å². The maximum Gasteiger partial charge on any atom is 0.279 e. The molecule has 5 nitrogen and oxygen atoms in total. The van der Waals surface area contributed by atoms with Crippen molar-refractivity contribution in [1.29, 1.82) is 0 Å². The molecule has 1 saturated heterocycles. The minimum Gasteiger partial charge on any atom is -0.314 e. The smallest absolute Gasteiger partial charge is 0.279 e. The molecular weight excluding hydrogens is 274 g/mol. The largest absolute Gasteiger partial charge is 0.314 e. The van der Waals surface area contributed by atoms with Crippen LogP contribution in [0, 0.1) is 5.92 Å². The molecular formula is C14H31N3O2S. The van der Waals surface area contributed by atoms with Crippen molar-refractivity contribution in [2.24, 2.45) is 5.92 Å². The summed E-state index contributed by atoms with van der Waals surface area (Å²) in [6, 6.07) is 0.445. The molecule has 0 radical (unpaired) electrons. The summed E-state index contributed by atoms with van der Waals surface area (Å²) in [5, 5.41) is 3.55. The SMILES string of the molecule is CCCNC1CCN(S(=O)(=O)NC(C)(C)C)CC1CC. The van der Waals surface area contributed by atoms with Crippen LogP contribution >= 0.6 is 0 Å². The molecule has 0 aliphatic carbocycles. The molecule has 2 N–H and O–H groups in total. The molecule has 0 aromatic carbocycles. The minimum atomic E-state index is -3.37. The van der Waals surface area contributed by atoms with E-state index in [-0.39, 0.29) is 0 Å². The molecule has 0 aromatic rings. The normalized spacial score (nSPS) is 25.9. The Labute approximate surface area is 124 Å². The zero-order valence-corrected chi connectivity index (χ0v) is 14.4. The van der Waals surface area contributed by atoms with Gasteiger partial charge in [-0.3, -0.25) is 0 Å². The van der Waals surface area contributed by atoms with E-state index in [0.717, 1.165) is 25.8 Å². The summed E-state index contributed by atoms with van der Waals surface area (Å²) in [7, 11) is -3.37. The molecule has 0 amide bonds. The predicted octanol–water partition coefficient (Wildman–Crippen LogP) is 1.72. The van der Waals surface area contributed by atoms with Gasteiger partial charge >= 0.3 is 0 Å². The number of nitrogens with one attached hydrogen (secondary N) is 2. The van der Waals surface area contributed by atoms with Crippen LogP contribution < -0.4 is 10.0 Å². The van der Waals surface area contributed by atoms with E-state index in [2.05, 4.69) is 23.9 Å². The number of hydrogen-bond acceptors (Lipinski definition) is 3. The molecule has 6 heteroatoms. The zero-order chi connectivity index (χ0) is 15.4. The van der Waals surface area contributed by atoms with Crippen molar-refractivity contribution < 1.29 is 8.42 Å². The Kier molecular flexibility index (Phi) is 6.44. The molecule has 1 heterocycles. The summed E-state index contributed by atoms with van der Waals surface area (Å²) in [4.78, 5) is 0. The van der Waals surface area contributed by atoms with E-state index in [1.807, 2.05) is 20.8 Å². The molecule has 1 rings (SSSR count). The van der Waals surface area contributed by atoms with E-state index >= 15 is 0 Å². The van der Waals surface area contributed by atoms with E-state index in [4.69, 9.17) is 0 Å². The summed E-state index contributed by atoms with van der Waals surface area (Å²) < 4.78 is 29.1. The van der Waals surface area contributed by atoms with Gasteiger partial charge in [0, 0.05) is 24.7 Å². The molecule has 20 heavy (non-hydrogen) atoms. The highest BCUT2D eigenvalue weighted by molar-refractivity contribution is 7.87. The van der Waals surface area contributed by atoms with E-state index in [1.54, 1.807) is 4.31 Å². The Morgan fingerprint density at radius 1 is 1.25 bits per heavy atom. The van der Waals surface area contributed by atoms with Crippen molar-refractivity contribution >= 4 is 10.2 Å². The number of piperidine rings is 1. The maximum atomic E-state index is 12.4. The van der Waals surface area contributed by atoms with Crippen molar-refractivity contribution in [2.75, 3.05) is 19.6 Å². The Balaban J connectivity index is 2.68. The Morgan fingerprint density at radius 3 is 2.40 bits per heavy atom. The highest BCUT2D eigenvalue weighted by Gasteiger charge is 2.35. The molecule has 2 atom stereocenters. The highest BCUT2D eigenvalue weighted by atomic mass is 32.2. The summed E-state index contributed by atoms with van der Waals surface area (Å²) in [6.07, 6.45) is 3.01. The Bertz CT molecular complexity index is 390. The third-order valence-electron chi connectivity index (χ3n) is 3.65. The maximum absolute atomic E-state index is 12.4. The summed E-state index contributed by atoms with van der Waals surface area (Å²) >= 11 is 0. The molecule has 0 saturated carbocycles. The molecule has 0 aromatic heterocycles. The van der Waals surface area contributed by atoms with Gasteiger partial charge in [-0.15, -0.1) is 0 Å². The fraction of sp³-hybridized carbons (Fsp3) is 1.00. The van der Waals surface area contributed by atoms with E-state index in [1.165, 1.54) is 0 Å². The van der Waals surface area contributed by atoms with Crippen molar-refractivity contribution in [3.05, 3.63) is 0 Å². The standard InChI is InChI=1S/C14H31N3O2S/c1-6-9-15-13-8-10-17(11-12(13)7-2)20(18,19)16-14(3,4)5/h12-13,15-16H,6-11H2,1-5H3. The lowest BCUT2D eigenvalue weighted by Gasteiger charge is -2.39. The molecule has 1 aliphatic rings. The highest BCUT2D eigenvalue weighted by Crippen LogP contribution is 2.22. The van der Waals surface area contributed by atoms with Crippen LogP contribution in [0.15, 0.2) is 0 Å². The topological polar surface area (TPSA) is 61.4 Å². The number of hydrogen-bond donors (Lipinski definition) is 2.